The zero-order valence-corrected chi connectivity index (χ0v) is 12.2. The maximum Gasteiger partial charge on any atom is 0.0833 e. The molecule has 0 bridgehead atoms. The summed E-state index contributed by atoms with van der Waals surface area (Å²) in [4.78, 5) is 0. The van der Waals surface area contributed by atoms with Crippen molar-refractivity contribution < 1.29 is 9.84 Å². The largest absolute Gasteiger partial charge is 0.391 e. The highest BCUT2D eigenvalue weighted by molar-refractivity contribution is 5.06. The maximum atomic E-state index is 10.4. The standard InChI is InChI=1S/C15H27NO2/c1-5-12-6-8-15(11-16,9-7-12)13(17)10-14(2,3)18-4/h12-13,17H,5-10H2,1-4H3. The Morgan fingerprint density at radius 1 is 1.44 bits per heavy atom. The van der Waals surface area contributed by atoms with Crippen molar-refractivity contribution in [1.82, 2.24) is 0 Å². The molecular weight excluding hydrogens is 226 g/mol. The summed E-state index contributed by atoms with van der Waals surface area (Å²) in [5.74, 6) is 0.731. The molecule has 1 aliphatic rings. The van der Waals surface area contributed by atoms with Gasteiger partial charge in [-0.3, -0.25) is 0 Å². The summed E-state index contributed by atoms with van der Waals surface area (Å²) in [6.45, 7) is 6.12. The fourth-order valence-corrected chi connectivity index (χ4v) is 2.86. The number of methoxy groups -OCH3 is 1. The van der Waals surface area contributed by atoms with Crippen LogP contribution in [-0.4, -0.2) is 23.9 Å². The molecule has 1 N–H and O–H groups in total. The minimum atomic E-state index is -0.588. The molecule has 0 aliphatic heterocycles. The number of hydrogen-bond donors (Lipinski definition) is 1. The van der Waals surface area contributed by atoms with Crippen LogP contribution in [-0.2, 0) is 4.74 Å². The SMILES string of the molecule is CCC1CCC(C#N)(C(O)CC(C)(C)OC)CC1. The minimum absolute atomic E-state index is 0.370. The Balaban J connectivity index is 2.69. The molecule has 0 heterocycles. The molecule has 1 atom stereocenters. The number of hydrogen-bond acceptors (Lipinski definition) is 3. The molecule has 0 aromatic rings. The molecule has 1 unspecified atom stereocenters. The van der Waals surface area contributed by atoms with E-state index in [1.807, 2.05) is 13.8 Å². The third-order valence-corrected chi connectivity index (χ3v) is 4.67. The first-order valence-corrected chi connectivity index (χ1v) is 7.03. The second-order valence-corrected chi connectivity index (χ2v) is 6.30. The number of ether oxygens (including phenoxy) is 1. The lowest BCUT2D eigenvalue weighted by molar-refractivity contribution is -0.0587. The van der Waals surface area contributed by atoms with Gasteiger partial charge in [0.1, 0.15) is 0 Å². The van der Waals surface area contributed by atoms with Gasteiger partial charge in [0.15, 0.2) is 0 Å². The van der Waals surface area contributed by atoms with Crippen LogP contribution in [0, 0.1) is 22.7 Å². The Morgan fingerprint density at radius 2 is 2.00 bits per heavy atom. The second kappa shape index (κ2) is 6.04. The van der Waals surface area contributed by atoms with E-state index in [0.29, 0.717) is 6.42 Å². The van der Waals surface area contributed by atoms with Gasteiger partial charge < -0.3 is 9.84 Å². The van der Waals surface area contributed by atoms with Gasteiger partial charge in [-0.2, -0.15) is 5.26 Å². The summed E-state index contributed by atoms with van der Waals surface area (Å²) in [5.41, 5.74) is -0.924. The lowest BCUT2D eigenvalue weighted by atomic mass is 9.66. The summed E-state index contributed by atoms with van der Waals surface area (Å²) in [6, 6.07) is 2.40. The Hall–Kier alpha value is -0.590. The Kier molecular flexibility index (Phi) is 5.19. The van der Waals surface area contributed by atoms with E-state index in [-0.39, 0.29) is 5.60 Å². The molecule has 0 aromatic carbocycles. The van der Waals surface area contributed by atoms with Gasteiger partial charge in [-0.1, -0.05) is 13.3 Å². The van der Waals surface area contributed by atoms with Gasteiger partial charge in [0.05, 0.1) is 23.2 Å². The minimum Gasteiger partial charge on any atom is -0.391 e. The predicted octanol–water partition coefficient (Wildman–Crippen LogP) is 3.27. The number of nitrogens with zero attached hydrogens (tertiary/aromatic N) is 1. The summed E-state index contributed by atoms with van der Waals surface area (Å²) in [5, 5.41) is 19.9. The lowest BCUT2D eigenvalue weighted by Gasteiger charge is -2.40. The molecule has 1 rings (SSSR count). The highest BCUT2D eigenvalue weighted by Gasteiger charge is 2.43. The van der Waals surface area contributed by atoms with Gasteiger partial charge >= 0.3 is 0 Å². The number of rotatable bonds is 5. The van der Waals surface area contributed by atoms with E-state index in [2.05, 4.69) is 13.0 Å². The Labute approximate surface area is 111 Å². The molecule has 104 valence electrons. The smallest absolute Gasteiger partial charge is 0.0833 e. The van der Waals surface area contributed by atoms with Crippen LogP contribution in [0.1, 0.15) is 59.3 Å². The lowest BCUT2D eigenvalue weighted by Crippen LogP contribution is -2.42. The van der Waals surface area contributed by atoms with Crippen LogP contribution in [0.4, 0.5) is 0 Å². The third kappa shape index (κ3) is 3.46. The van der Waals surface area contributed by atoms with Crippen molar-refractivity contribution in [3.8, 4) is 6.07 Å². The highest BCUT2D eigenvalue weighted by atomic mass is 16.5. The van der Waals surface area contributed by atoms with Crippen molar-refractivity contribution in [3.63, 3.8) is 0 Å². The van der Waals surface area contributed by atoms with Crippen LogP contribution in [0.2, 0.25) is 0 Å². The monoisotopic (exact) mass is 253 g/mol. The molecule has 0 radical (unpaired) electrons. The van der Waals surface area contributed by atoms with Gasteiger partial charge in [-0.15, -0.1) is 0 Å². The number of nitriles is 1. The zero-order valence-electron chi connectivity index (χ0n) is 12.2. The van der Waals surface area contributed by atoms with Crippen LogP contribution in [0.15, 0.2) is 0 Å². The van der Waals surface area contributed by atoms with Gasteiger partial charge in [0.2, 0.25) is 0 Å². The third-order valence-electron chi connectivity index (χ3n) is 4.67. The van der Waals surface area contributed by atoms with Gasteiger partial charge in [0, 0.05) is 13.5 Å². The molecule has 0 saturated heterocycles. The van der Waals surface area contributed by atoms with E-state index < -0.39 is 11.5 Å². The van der Waals surface area contributed by atoms with E-state index in [4.69, 9.17) is 4.74 Å². The van der Waals surface area contributed by atoms with Crippen LogP contribution in [0.5, 0.6) is 0 Å². The molecular formula is C15H27NO2. The van der Waals surface area contributed by atoms with Gasteiger partial charge in [-0.25, -0.2) is 0 Å². The van der Waals surface area contributed by atoms with E-state index in [1.54, 1.807) is 7.11 Å². The van der Waals surface area contributed by atoms with E-state index >= 15 is 0 Å². The summed E-state index contributed by atoms with van der Waals surface area (Å²) >= 11 is 0. The average molecular weight is 253 g/mol. The Morgan fingerprint density at radius 3 is 2.39 bits per heavy atom. The van der Waals surface area contributed by atoms with Crippen molar-refractivity contribution in [3.05, 3.63) is 0 Å². The second-order valence-electron chi connectivity index (χ2n) is 6.30. The fourth-order valence-electron chi connectivity index (χ4n) is 2.86. The quantitative estimate of drug-likeness (QED) is 0.818. The van der Waals surface area contributed by atoms with Gasteiger partial charge in [0.25, 0.3) is 0 Å². The molecule has 1 fully saturated rings. The van der Waals surface area contributed by atoms with E-state index in [1.165, 1.54) is 6.42 Å². The molecule has 3 nitrogen and oxygen atoms in total. The van der Waals surface area contributed by atoms with Crippen molar-refractivity contribution in [2.75, 3.05) is 7.11 Å². The van der Waals surface area contributed by atoms with Crippen LogP contribution in [0.3, 0.4) is 0 Å². The van der Waals surface area contributed by atoms with Crippen LogP contribution < -0.4 is 0 Å². The van der Waals surface area contributed by atoms with Crippen LogP contribution in [0.25, 0.3) is 0 Å². The first-order valence-electron chi connectivity index (χ1n) is 7.03. The molecule has 0 spiro atoms. The average Bonchev–Trinajstić information content (AvgIpc) is 2.38. The molecule has 1 aliphatic carbocycles. The molecule has 0 aromatic heterocycles. The summed E-state index contributed by atoms with van der Waals surface area (Å²) in [7, 11) is 1.65. The first kappa shape index (κ1) is 15.5. The van der Waals surface area contributed by atoms with E-state index in [0.717, 1.165) is 31.6 Å². The molecule has 3 heteroatoms. The fraction of sp³-hybridized carbons (Fsp3) is 0.933. The number of aliphatic hydroxyl groups is 1. The van der Waals surface area contributed by atoms with E-state index in [9.17, 15) is 10.4 Å². The summed E-state index contributed by atoms with van der Waals surface area (Å²) in [6.07, 6.45) is 4.89. The topological polar surface area (TPSA) is 53.2 Å². The normalized spacial score (nSPS) is 30.8. The summed E-state index contributed by atoms with van der Waals surface area (Å²) < 4.78 is 5.36. The predicted molar refractivity (Wildman–Crippen MR) is 72.0 cm³/mol. The van der Waals surface area contributed by atoms with Crippen molar-refractivity contribution >= 4 is 0 Å². The van der Waals surface area contributed by atoms with Crippen LogP contribution >= 0.6 is 0 Å². The number of aliphatic hydroxyl groups excluding tert-OH is 1. The molecule has 18 heavy (non-hydrogen) atoms. The van der Waals surface area contributed by atoms with Crippen molar-refractivity contribution in [2.45, 2.75) is 71.0 Å². The van der Waals surface area contributed by atoms with Crippen molar-refractivity contribution in [2.24, 2.45) is 11.3 Å². The molecule has 0 amide bonds. The van der Waals surface area contributed by atoms with Crippen molar-refractivity contribution in [1.29, 1.82) is 5.26 Å². The Bertz CT molecular complexity index is 298. The maximum absolute atomic E-state index is 10.4. The first-order chi connectivity index (χ1) is 8.39. The highest BCUT2D eigenvalue weighted by Crippen LogP contribution is 2.44. The molecule has 1 saturated carbocycles. The van der Waals surface area contributed by atoms with Gasteiger partial charge in [-0.05, 0) is 45.4 Å². The zero-order chi connectivity index (χ0) is 13.8.